The number of phenols is 1. The Morgan fingerprint density at radius 2 is 1.93 bits per heavy atom. The van der Waals surface area contributed by atoms with E-state index >= 15 is 0 Å². The minimum absolute atomic E-state index is 0.0755. The number of hydrogen-bond acceptors (Lipinski definition) is 9. The number of nitrogens with zero attached hydrogens (tertiary/aromatic N) is 4. The molecule has 0 aliphatic carbocycles. The van der Waals surface area contributed by atoms with E-state index in [2.05, 4.69) is 42.0 Å². The van der Waals surface area contributed by atoms with Crippen molar-refractivity contribution < 1.29 is 19.4 Å². The molecule has 12 heteroatoms. The van der Waals surface area contributed by atoms with Crippen molar-refractivity contribution in [1.29, 1.82) is 0 Å². The second kappa shape index (κ2) is 13.9. The predicted molar refractivity (Wildman–Crippen MR) is 160 cm³/mol. The zero-order chi connectivity index (χ0) is 28.5. The molecule has 4 rings (SSSR count). The molecule has 10 nitrogen and oxygen atoms in total. The maximum atomic E-state index is 12.8. The second-order valence-corrected chi connectivity index (χ2v) is 10.6. The zero-order valence-electron chi connectivity index (χ0n) is 22.2. The third kappa shape index (κ3) is 7.33. The van der Waals surface area contributed by atoms with Gasteiger partial charge in [-0.15, -0.1) is 10.2 Å². The fraction of sp³-hybridized carbons (Fsp3) is 0.214. The van der Waals surface area contributed by atoms with Gasteiger partial charge >= 0.3 is 0 Å². The Balaban J connectivity index is 1.46. The van der Waals surface area contributed by atoms with E-state index in [1.807, 2.05) is 66.1 Å². The van der Waals surface area contributed by atoms with Crippen LogP contribution in [0.15, 0.2) is 81.5 Å². The Morgan fingerprint density at radius 1 is 1.18 bits per heavy atom. The first-order chi connectivity index (χ1) is 19.4. The van der Waals surface area contributed by atoms with Crippen molar-refractivity contribution in [2.75, 3.05) is 19.0 Å². The number of benzene rings is 3. The smallest absolute Gasteiger partial charge is 0.253 e. The average molecular weight is 626 g/mol. The number of carbonyl (C=O) groups is 1. The van der Waals surface area contributed by atoms with Crippen molar-refractivity contribution in [3.63, 3.8) is 0 Å². The molecular weight excluding hydrogens is 596 g/mol. The number of hydrogen-bond donors (Lipinski definition) is 3. The number of phenolic OH excluding ortho intramolecular Hbond substituents is 1. The Kier molecular flexibility index (Phi) is 10.0. The number of halogens is 1. The van der Waals surface area contributed by atoms with E-state index < -0.39 is 5.25 Å². The van der Waals surface area contributed by atoms with Gasteiger partial charge in [0.05, 0.1) is 31.7 Å². The molecule has 3 aromatic carbocycles. The van der Waals surface area contributed by atoms with E-state index in [0.717, 1.165) is 17.1 Å². The van der Waals surface area contributed by atoms with Crippen LogP contribution in [-0.4, -0.2) is 51.0 Å². The van der Waals surface area contributed by atoms with E-state index in [4.69, 9.17) is 9.47 Å². The zero-order valence-corrected chi connectivity index (χ0v) is 24.6. The number of thioether (sulfide) groups is 1. The van der Waals surface area contributed by atoms with Crippen LogP contribution in [0.1, 0.15) is 25.2 Å². The van der Waals surface area contributed by atoms with Gasteiger partial charge in [-0.25, -0.2) is 5.43 Å². The Morgan fingerprint density at radius 3 is 2.62 bits per heavy atom. The van der Waals surface area contributed by atoms with Gasteiger partial charge in [0.25, 0.3) is 5.91 Å². The minimum Gasteiger partial charge on any atom is -0.504 e. The van der Waals surface area contributed by atoms with Crippen molar-refractivity contribution in [1.82, 2.24) is 20.2 Å². The summed E-state index contributed by atoms with van der Waals surface area (Å²) < 4.78 is 13.3. The van der Waals surface area contributed by atoms with E-state index in [9.17, 15) is 9.90 Å². The van der Waals surface area contributed by atoms with Crippen LogP contribution in [0, 0.1) is 0 Å². The number of carbonyl (C=O) groups excluding carboxylic acids is 1. The summed E-state index contributed by atoms with van der Waals surface area (Å²) in [5.74, 6) is 1.38. The van der Waals surface area contributed by atoms with E-state index in [1.54, 1.807) is 19.1 Å². The molecule has 3 N–H and O–H groups in total. The summed E-state index contributed by atoms with van der Waals surface area (Å²) in [5, 5.41) is 26.5. The second-order valence-electron chi connectivity index (χ2n) is 8.42. The Labute approximate surface area is 244 Å². The molecule has 0 bridgehead atoms. The molecule has 40 heavy (non-hydrogen) atoms. The summed E-state index contributed by atoms with van der Waals surface area (Å²) in [6.45, 7) is 4.74. The highest BCUT2D eigenvalue weighted by molar-refractivity contribution is 9.10. The molecule has 1 aromatic heterocycles. The molecule has 1 heterocycles. The number of para-hydroxylation sites is 1. The van der Waals surface area contributed by atoms with Crippen LogP contribution in [-0.2, 0) is 11.3 Å². The molecular formula is C28H29BrN6O4S. The molecule has 1 amide bonds. The summed E-state index contributed by atoms with van der Waals surface area (Å²) in [6, 6.07) is 20.7. The lowest BCUT2D eigenvalue weighted by molar-refractivity contribution is -0.120. The molecule has 0 fully saturated rings. The third-order valence-corrected chi connectivity index (χ3v) is 7.15. The molecule has 0 radical (unpaired) electrons. The SMILES string of the molecule is CCOc1ccc(NCc2nnc(S[C@H](C)C(=O)N/N=C\c3cc(Br)cc(OC)c3O)n2-c2ccccc2)cc1. The van der Waals surface area contributed by atoms with Crippen LogP contribution in [0.4, 0.5) is 5.69 Å². The lowest BCUT2D eigenvalue weighted by Gasteiger charge is -2.13. The molecule has 0 spiro atoms. The highest BCUT2D eigenvalue weighted by atomic mass is 79.9. The summed E-state index contributed by atoms with van der Waals surface area (Å²) in [6.07, 6.45) is 1.36. The normalized spacial score (nSPS) is 11.8. The molecule has 208 valence electrons. The number of rotatable bonds is 12. The highest BCUT2D eigenvalue weighted by Crippen LogP contribution is 2.32. The number of nitrogens with one attached hydrogen (secondary N) is 2. The van der Waals surface area contributed by atoms with Gasteiger partial charge in [-0.1, -0.05) is 45.9 Å². The molecule has 0 unspecified atom stereocenters. The predicted octanol–water partition coefficient (Wildman–Crippen LogP) is 5.39. The lowest BCUT2D eigenvalue weighted by Crippen LogP contribution is -2.27. The summed E-state index contributed by atoms with van der Waals surface area (Å²) in [5.41, 5.74) is 4.71. The maximum Gasteiger partial charge on any atom is 0.253 e. The highest BCUT2D eigenvalue weighted by Gasteiger charge is 2.21. The van der Waals surface area contributed by atoms with Crippen LogP contribution in [0.5, 0.6) is 17.2 Å². The van der Waals surface area contributed by atoms with Gasteiger partial charge in [-0.05, 0) is 62.4 Å². The summed E-state index contributed by atoms with van der Waals surface area (Å²) in [7, 11) is 1.46. The monoisotopic (exact) mass is 624 g/mol. The molecule has 4 aromatic rings. The van der Waals surface area contributed by atoms with Gasteiger partial charge in [0.1, 0.15) is 5.75 Å². The van der Waals surface area contributed by atoms with Crippen LogP contribution in [0.25, 0.3) is 5.69 Å². The standard InChI is InChI=1S/C28H29BrN6O4S/c1-4-39-23-12-10-21(11-13-23)30-17-25-32-34-28(35(25)22-8-6-5-7-9-22)40-18(2)27(37)33-31-16-19-14-20(29)15-24(38-3)26(19)36/h5-16,18,30,36H,4,17H2,1-3H3,(H,33,37)/b31-16-/t18-/m1/s1. The summed E-state index contributed by atoms with van der Waals surface area (Å²) >= 11 is 4.62. The number of hydrazone groups is 1. The van der Waals surface area contributed by atoms with Gasteiger partial charge in [-0.3, -0.25) is 9.36 Å². The largest absolute Gasteiger partial charge is 0.504 e. The van der Waals surface area contributed by atoms with Crippen LogP contribution in [0.3, 0.4) is 0 Å². The Bertz CT molecular complexity index is 1460. The number of aromatic hydroxyl groups is 1. The van der Waals surface area contributed by atoms with E-state index in [1.165, 1.54) is 25.1 Å². The first-order valence-corrected chi connectivity index (χ1v) is 14.1. The molecule has 0 saturated carbocycles. The topological polar surface area (TPSA) is 123 Å². The molecule has 0 aliphatic rings. The van der Waals surface area contributed by atoms with Crippen LogP contribution >= 0.6 is 27.7 Å². The van der Waals surface area contributed by atoms with E-state index in [0.29, 0.717) is 39.9 Å². The third-order valence-electron chi connectivity index (χ3n) is 5.65. The number of methoxy groups -OCH3 is 1. The van der Waals surface area contributed by atoms with Gasteiger partial charge in [0.15, 0.2) is 22.5 Å². The van der Waals surface area contributed by atoms with Crippen molar-refractivity contribution in [2.45, 2.75) is 30.8 Å². The number of aromatic nitrogens is 3. The van der Waals surface area contributed by atoms with Crippen molar-refractivity contribution in [3.8, 4) is 22.9 Å². The van der Waals surface area contributed by atoms with Crippen molar-refractivity contribution in [3.05, 3.63) is 82.6 Å². The Hall–Kier alpha value is -4.03. The molecule has 0 saturated heterocycles. The van der Waals surface area contributed by atoms with Crippen molar-refractivity contribution in [2.24, 2.45) is 5.10 Å². The first kappa shape index (κ1) is 29.0. The number of amides is 1. The maximum absolute atomic E-state index is 12.8. The quantitative estimate of drug-likeness (QED) is 0.109. The fourth-order valence-corrected chi connectivity index (χ4v) is 5.00. The van der Waals surface area contributed by atoms with Crippen molar-refractivity contribution >= 4 is 45.5 Å². The fourth-order valence-electron chi connectivity index (χ4n) is 3.66. The van der Waals surface area contributed by atoms with Gasteiger partial charge < -0.3 is 19.9 Å². The summed E-state index contributed by atoms with van der Waals surface area (Å²) in [4.78, 5) is 12.8. The average Bonchev–Trinajstić information content (AvgIpc) is 3.36. The van der Waals surface area contributed by atoms with Crippen LogP contribution < -0.4 is 20.2 Å². The van der Waals surface area contributed by atoms with Gasteiger partial charge in [0, 0.05) is 21.4 Å². The number of ether oxygens (including phenoxy) is 2. The minimum atomic E-state index is -0.540. The van der Waals surface area contributed by atoms with Gasteiger partial charge in [-0.2, -0.15) is 5.10 Å². The van der Waals surface area contributed by atoms with Gasteiger partial charge in [0.2, 0.25) is 0 Å². The molecule has 1 atom stereocenters. The van der Waals surface area contributed by atoms with Crippen LogP contribution in [0.2, 0.25) is 0 Å². The van der Waals surface area contributed by atoms with E-state index in [-0.39, 0.29) is 11.7 Å². The molecule has 0 aliphatic heterocycles. The lowest BCUT2D eigenvalue weighted by atomic mass is 10.2. The first-order valence-electron chi connectivity index (χ1n) is 12.4. The number of anilines is 1.